The van der Waals surface area contributed by atoms with E-state index >= 15 is 0 Å². The number of aryl methyl sites for hydroxylation is 1. The van der Waals surface area contributed by atoms with Crippen molar-refractivity contribution in [2.75, 3.05) is 29.6 Å². The molecule has 0 bridgehead atoms. The Kier molecular flexibility index (Phi) is 5.28. The smallest absolute Gasteiger partial charge is 0.273 e. The van der Waals surface area contributed by atoms with Gasteiger partial charge in [0.2, 0.25) is 0 Å². The number of carbonyl (C=O) groups excluding carboxylic acids is 1. The van der Waals surface area contributed by atoms with Gasteiger partial charge in [0.1, 0.15) is 11.6 Å². The monoisotopic (exact) mass is 459 g/mol. The van der Waals surface area contributed by atoms with Crippen LogP contribution in [0.25, 0.3) is 11.3 Å². The summed E-state index contributed by atoms with van der Waals surface area (Å²) in [5.41, 5.74) is 5.41. The predicted octanol–water partition coefficient (Wildman–Crippen LogP) is 3.21. The highest BCUT2D eigenvalue weighted by Crippen LogP contribution is 2.43. The van der Waals surface area contributed by atoms with Gasteiger partial charge in [-0.1, -0.05) is 12.1 Å². The predicted molar refractivity (Wildman–Crippen MR) is 127 cm³/mol. The van der Waals surface area contributed by atoms with Crippen LogP contribution in [-0.4, -0.2) is 45.0 Å². The van der Waals surface area contributed by atoms with Gasteiger partial charge in [0.05, 0.1) is 29.0 Å². The summed E-state index contributed by atoms with van der Waals surface area (Å²) in [6.07, 6.45) is 3.12. The Morgan fingerprint density at radius 3 is 2.68 bits per heavy atom. The van der Waals surface area contributed by atoms with E-state index in [4.69, 9.17) is 0 Å². The molecule has 0 spiro atoms. The van der Waals surface area contributed by atoms with E-state index in [-0.39, 0.29) is 11.6 Å². The van der Waals surface area contributed by atoms with Crippen LogP contribution in [-0.2, 0) is 13.6 Å². The number of para-hydroxylation sites is 1. The Bertz CT molecular complexity index is 1380. The van der Waals surface area contributed by atoms with Gasteiger partial charge in [-0.3, -0.25) is 9.48 Å². The maximum atomic E-state index is 13.2. The molecule has 5 rings (SSSR count). The van der Waals surface area contributed by atoms with Gasteiger partial charge in [0, 0.05) is 51.1 Å². The van der Waals surface area contributed by atoms with Crippen LogP contribution in [0.3, 0.4) is 0 Å². The molecule has 0 radical (unpaired) electrons. The van der Waals surface area contributed by atoms with Crippen LogP contribution in [0.4, 0.5) is 33.1 Å². The standard InChI is InChI=1S/C23H22FN9O/c1-25-23(34)21-17(9-19(29-30-21)28-18-8-7-14(24)10-26-18)27-16-6-4-5-15-20-13(12-33(3)31-20)11-32(2)22(15)16/h4-10,12H,11H2,1-3H3,(H,25,34)(H2,26,27,28,29). The number of benzene rings is 1. The molecule has 0 fully saturated rings. The zero-order valence-corrected chi connectivity index (χ0v) is 18.8. The first-order valence-electron chi connectivity index (χ1n) is 10.6. The van der Waals surface area contributed by atoms with Gasteiger partial charge in [-0.2, -0.15) is 5.10 Å². The highest BCUT2D eigenvalue weighted by atomic mass is 19.1. The number of nitrogens with one attached hydrogen (secondary N) is 3. The number of carbonyl (C=O) groups is 1. The largest absolute Gasteiger partial charge is 0.368 e. The molecule has 4 heterocycles. The molecule has 0 saturated heterocycles. The molecule has 1 amide bonds. The average Bonchev–Trinajstić information content (AvgIpc) is 3.20. The summed E-state index contributed by atoms with van der Waals surface area (Å²) < 4.78 is 15.0. The van der Waals surface area contributed by atoms with Crippen molar-refractivity contribution < 1.29 is 9.18 Å². The van der Waals surface area contributed by atoms with E-state index in [2.05, 4.69) is 41.1 Å². The topological polar surface area (TPSA) is 113 Å². The van der Waals surface area contributed by atoms with Crippen molar-refractivity contribution in [3.05, 3.63) is 65.9 Å². The van der Waals surface area contributed by atoms with Crippen LogP contribution >= 0.6 is 0 Å². The lowest BCUT2D eigenvalue weighted by atomic mass is 9.99. The Hall–Kier alpha value is -4.54. The number of amides is 1. The highest BCUT2D eigenvalue weighted by Gasteiger charge is 2.26. The van der Waals surface area contributed by atoms with Crippen LogP contribution in [0, 0.1) is 5.82 Å². The minimum atomic E-state index is -0.442. The molecule has 11 heteroatoms. The van der Waals surface area contributed by atoms with Crippen molar-refractivity contribution in [3.8, 4) is 11.3 Å². The van der Waals surface area contributed by atoms with Crippen molar-refractivity contribution in [2.45, 2.75) is 6.54 Å². The zero-order valence-electron chi connectivity index (χ0n) is 18.8. The summed E-state index contributed by atoms with van der Waals surface area (Å²) in [5, 5.41) is 21.8. The molecule has 0 saturated carbocycles. The molecular formula is C23H22FN9O. The number of nitrogens with zero attached hydrogens (tertiary/aromatic N) is 6. The summed E-state index contributed by atoms with van der Waals surface area (Å²) in [4.78, 5) is 18.6. The van der Waals surface area contributed by atoms with E-state index in [1.807, 2.05) is 43.2 Å². The zero-order chi connectivity index (χ0) is 23.8. The molecule has 3 aromatic heterocycles. The number of anilines is 5. The number of pyridine rings is 1. The molecule has 1 aromatic carbocycles. The third kappa shape index (κ3) is 3.87. The van der Waals surface area contributed by atoms with Crippen LogP contribution in [0.1, 0.15) is 16.1 Å². The Labute approximate surface area is 194 Å². The number of fused-ring (bicyclic) bond motifs is 3. The van der Waals surface area contributed by atoms with Gasteiger partial charge >= 0.3 is 0 Å². The van der Waals surface area contributed by atoms with Gasteiger partial charge < -0.3 is 20.9 Å². The molecule has 1 aliphatic heterocycles. The maximum absolute atomic E-state index is 13.2. The number of rotatable bonds is 5. The van der Waals surface area contributed by atoms with Crippen molar-refractivity contribution >= 4 is 34.6 Å². The van der Waals surface area contributed by atoms with Crippen LogP contribution in [0.2, 0.25) is 0 Å². The quantitative estimate of drug-likeness (QED) is 0.417. The fourth-order valence-corrected chi connectivity index (χ4v) is 4.02. The van der Waals surface area contributed by atoms with Crippen LogP contribution in [0.5, 0.6) is 0 Å². The van der Waals surface area contributed by atoms with E-state index < -0.39 is 5.82 Å². The summed E-state index contributed by atoms with van der Waals surface area (Å²) in [5.74, 6) is -0.0807. The second-order valence-electron chi connectivity index (χ2n) is 7.92. The second kappa shape index (κ2) is 8.43. The number of hydrogen-bond acceptors (Lipinski definition) is 8. The Morgan fingerprint density at radius 2 is 1.91 bits per heavy atom. The first kappa shape index (κ1) is 21.3. The molecule has 1 aliphatic rings. The van der Waals surface area contributed by atoms with Gasteiger partial charge in [0.25, 0.3) is 5.91 Å². The highest BCUT2D eigenvalue weighted by molar-refractivity contribution is 6.00. The van der Waals surface area contributed by atoms with Gasteiger partial charge in [-0.25, -0.2) is 9.37 Å². The first-order valence-corrected chi connectivity index (χ1v) is 10.6. The van der Waals surface area contributed by atoms with Gasteiger partial charge in [-0.05, 0) is 18.2 Å². The summed E-state index contributed by atoms with van der Waals surface area (Å²) in [7, 11) is 5.45. The molecule has 4 aromatic rings. The normalized spacial score (nSPS) is 12.1. The van der Waals surface area contributed by atoms with Gasteiger partial charge in [-0.15, -0.1) is 10.2 Å². The van der Waals surface area contributed by atoms with E-state index in [0.29, 0.717) is 23.9 Å². The van der Waals surface area contributed by atoms with Crippen molar-refractivity contribution in [1.29, 1.82) is 0 Å². The van der Waals surface area contributed by atoms with E-state index in [0.717, 1.165) is 34.4 Å². The first-order chi connectivity index (χ1) is 16.4. The number of halogens is 1. The van der Waals surface area contributed by atoms with E-state index in [9.17, 15) is 9.18 Å². The third-order valence-electron chi connectivity index (χ3n) is 5.47. The van der Waals surface area contributed by atoms with E-state index in [1.54, 1.807) is 6.07 Å². The van der Waals surface area contributed by atoms with Crippen molar-refractivity contribution in [3.63, 3.8) is 0 Å². The third-order valence-corrected chi connectivity index (χ3v) is 5.47. The maximum Gasteiger partial charge on any atom is 0.273 e. The molecule has 172 valence electrons. The minimum absolute atomic E-state index is 0.134. The van der Waals surface area contributed by atoms with Gasteiger partial charge in [0.15, 0.2) is 11.5 Å². The fourth-order valence-electron chi connectivity index (χ4n) is 4.02. The van der Waals surface area contributed by atoms with Crippen molar-refractivity contribution in [1.82, 2.24) is 30.3 Å². The molecule has 0 unspecified atom stereocenters. The molecule has 34 heavy (non-hydrogen) atoms. The van der Waals surface area contributed by atoms with Crippen LogP contribution < -0.4 is 20.9 Å². The summed E-state index contributed by atoms with van der Waals surface area (Å²) >= 11 is 0. The van der Waals surface area contributed by atoms with Crippen LogP contribution in [0.15, 0.2) is 48.8 Å². The van der Waals surface area contributed by atoms with E-state index in [1.165, 1.54) is 19.2 Å². The Balaban J connectivity index is 1.55. The average molecular weight is 459 g/mol. The number of hydrogen-bond donors (Lipinski definition) is 3. The molecular weight excluding hydrogens is 437 g/mol. The summed E-state index contributed by atoms with van der Waals surface area (Å²) in [6.45, 7) is 0.703. The number of aromatic nitrogens is 5. The lowest BCUT2D eigenvalue weighted by molar-refractivity contribution is 0.0958. The minimum Gasteiger partial charge on any atom is -0.368 e. The Morgan fingerprint density at radius 1 is 1.06 bits per heavy atom. The SMILES string of the molecule is CNC(=O)c1nnc(Nc2ccc(F)cn2)cc1Nc1cccc2c1N(C)Cc1cn(C)nc1-2. The second-order valence-corrected chi connectivity index (χ2v) is 7.92. The summed E-state index contributed by atoms with van der Waals surface area (Å²) in [6, 6.07) is 10.3. The lowest BCUT2D eigenvalue weighted by Crippen LogP contribution is -2.23. The lowest BCUT2D eigenvalue weighted by Gasteiger charge is -2.29. The molecule has 10 nitrogen and oxygen atoms in total. The van der Waals surface area contributed by atoms with Crippen molar-refractivity contribution in [2.24, 2.45) is 7.05 Å². The fraction of sp³-hybridized carbons (Fsp3) is 0.174. The molecule has 3 N–H and O–H groups in total. The molecule has 0 atom stereocenters. The molecule has 0 aliphatic carbocycles.